The number of carbonyl (C=O) groups excluding carboxylic acids is 2. The van der Waals surface area contributed by atoms with E-state index in [-0.39, 0.29) is 18.2 Å². The Kier molecular flexibility index (Phi) is 5.72. The molecule has 2 aromatic carbocycles. The van der Waals surface area contributed by atoms with E-state index in [0.29, 0.717) is 28.7 Å². The van der Waals surface area contributed by atoms with Crippen LogP contribution in [-0.4, -0.2) is 42.9 Å². The van der Waals surface area contributed by atoms with Gasteiger partial charge in [0, 0.05) is 22.9 Å². The minimum absolute atomic E-state index is 0.0186. The molecule has 166 valence electrons. The quantitative estimate of drug-likeness (QED) is 0.614. The van der Waals surface area contributed by atoms with E-state index in [1.807, 2.05) is 31.2 Å². The standard InChI is InChI=1S/C23H24N4O5/c1-13-21(14-5-8-16(30-2)9-6-14)26-27-17(12-20(28)25-22(13)27)23(29)24-15-7-10-18(31-3)19(11-15)32-4/h5-11,17H,12H2,1-4H3,(H,24,29)(H,25,28). The van der Waals surface area contributed by atoms with E-state index in [2.05, 4.69) is 15.7 Å². The fourth-order valence-electron chi connectivity index (χ4n) is 3.70. The summed E-state index contributed by atoms with van der Waals surface area (Å²) in [7, 11) is 4.67. The second kappa shape index (κ2) is 8.62. The van der Waals surface area contributed by atoms with E-state index in [1.165, 1.54) is 7.11 Å². The number of amides is 2. The van der Waals surface area contributed by atoms with Gasteiger partial charge in [0.05, 0.1) is 33.4 Å². The predicted octanol–water partition coefficient (Wildman–Crippen LogP) is 3.41. The van der Waals surface area contributed by atoms with Gasteiger partial charge in [-0.05, 0) is 43.3 Å². The summed E-state index contributed by atoms with van der Waals surface area (Å²) in [4.78, 5) is 25.5. The molecule has 9 heteroatoms. The van der Waals surface area contributed by atoms with Crippen molar-refractivity contribution in [3.05, 3.63) is 48.0 Å². The number of nitrogens with zero attached hydrogens (tertiary/aromatic N) is 2. The smallest absolute Gasteiger partial charge is 0.249 e. The second-order valence-corrected chi connectivity index (χ2v) is 7.32. The third-order valence-electron chi connectivity index (χ3n) is 5.40. The Balaban J connectivity index is 1.65. The highest BCUT2D eigenvalue weighted by atomic mass is 16.5. The lowest BCUT2D eigenvalue weighted by Gasteiger charge is -2.24. The minimum atomic E-state index is -0.794. The van der Waals surface area contributed by atoms with Gasteiger partial charge in [0.25, 0.3) is 0 Å². The van der Waals surface area contributed by atoms with Crippen LogP contribution in [-0.2, 0) is 9.59 Å². The Morgan fingerprint density at radius 3 is 2.44 bits per heavy atom. The average Bonchev–Trinajstić information content (AvgIpc) is 3.14. The molecule has 32 heavy (non-hydrogen) atoms. The number of aromatic nitrogens is 2. The Bertz CT molecular complexity index is 1170. The molecule has 0 saturated carbocycles. The number of ether oxygens (including phenoxy) is 3. The number of anilines is 2. The molecule has 2 N–H and O–H groups in total. The van der Waals surface area contributed by atoms with E-state index in [9.17, 15) is 9.59 Å². The topological polar surface area (TPSA) is 104 Å². The third-order valence-corrected chi connectivity index (χ3v) is 5.40. The molecule has 2 amide bonds. The van der Waals surface area contributed by atoms with Crippen molar-refractivity contribution in [2.75, 3.05) is 32.0 Å². The first-order chi connectivity index (χ1) is 15.4. The van der Waals surface area contributed by atoms with Gasteiger partial charge in [0.15, 0.2) is 11.5 Å². The highest BCUT2D eigenvalue weighted by molar-refractivity contribution is 6.02. The summed E-state index contributed by atoms with van der Waals surface area (Å²) in [6.07, 6.45) is -0.0186. The molecule has 0 fully saturated rings. The molecule has 9 nitrogen and oxygen atoms in total. The molecule has 1 aliphatic rings. The number of rotatable bonds is 6. The van der Waals surface area contributed by atoms with Crippen molar-refractivity contribution in [1.29, 1.82) is 0 Å². The molecule has 1 aromatic heterocycles. The van der Waals surface area contributed by atoms with Crippen molar-refractivity contribution in [2.45, 2.75) is 19.4 Å². The van der Waals surface area contributed by atoms with Crippen molar-refractivity contribution in [2.24, 2.45) is 0 Å². The zero-order valence-electron chi connectivity index (χ0n) is 18.3. The minimum Gasteiger partial charge on any atom is -0.497 e. The summed E-state index contributed by atoms with van der Waals surface area (Å²) in [6.45, 7) is 1.87. The van der Waals surface area contributed by atoms with Crippen LogP contribution in [0.15, 0.2) is 42.5 Å². The fourth-order valence-corrected chi connectivity index (χ4v) is 3.70. The molecule has 0 bridgehead atoms. The first-order valence-electron chi connectivity index (χ1n) is 10.0. The maximum absolute atomic E-state index is 13.1. The molecule has 1 aliphatic heterocycles. The molecule has 0 aliphatic carbocycles. The van der Waals surface area contributed by atoms with Crippen LogP contribution in [0.5, 0.6) is 17.2 Å². The van der Waals surface area contributed by atoms with Gasteiger partial charge in [-0.15, -0.1) is 0 Å². The molecule has 1 atom stereocenters. The first kappa shape index (κ1) is 21.2. The Morgan fingerprint density at radius 2 is 1.78 bits per heavy atom. The van der Waals surface area contributed by atoms with Crippen LogP contribution in [0.4, 0.5) is 11.5 Å². The maximum atomic E-state index is 13.1. The number of nitrogens with one attached hydrogen (secondary N) is 2. The van der Waals surface area contributed by atoms with Crippen LogP contribution in [0.3, 0.4) is 0 Å². The molecule has 3 aromatic rings. The Labute approximate surface area is 185 Å². The van der Waals surface area contributed by atoms with E-state index in [4.69, 9.17) is 14.2 Å². The molecule has 0 spiro atoms. The van der Waals surface area contributed by atoms with Crippen LogP contribution >= 0.6 is 0 Å². The first-order valence-corrected chi connectivity index (χ1v) is 10.0. The fraction of sp³-hybridized carbons (Fsp3) is 0.261. The van der Waals surface area contributed by atoms with Crippen molar-refractivity contribution in [3.8, 4) is 28.5 Å². The highest BCUT2D eigenvalue weighted by Crippen LogP contribution is 2.35. The predicted molar refractivity (Wildman–Crippen MR) is 119 cm³/mol. The molecular weight excluding hydrogens is 412 g/mol. The van der Waals surface area contributed by atoms with Gasteiger partial charge in [0.2, 0.25) is 11.8 Å². The summed E-state index contributed by atoms with van der Waals surface area (Å²) in [6, 6.07) is 11.7. The molecule has 0 saturated heterocycles. The van der Waals surface area contributed by atoms with Crippen LogP contribution < -0.4 is 24.8 Å². The Morgan fingerprint density at radius 1 is 1.06 bits per heavy atom. The largest absolute Gasteiger partial charge is 0.497 e. The van der Waals surface area contributed by atoms with Gasteiger partial charge >= 0.3 is 0 Å². The molecule has 4 rings (SSSR count). The SMILES string of the molecule is COc1ccc(-c2nn3c(c2C)NC(=O)CC3C(=O)Nc2ccc(OC)c(OC)c2)cc1. The summed E-state index contributed by atoms with van der Waals surface area (Å²) in [5.74, 6) is 1.70. The molecule has 2 heterocycles. The van der Waals surface area contributed by atoms with Crippen LogP contribution in [0.1, 0.15) is 18.0 Å². The van der Waals surface area contributed by atoms with Gasteiger partial charge in [-0.2, -0.15) is 5.10 Å². The summed E-state index contributed by atoms with van der Waals surface area (Å²) in [5, 5.41) is 10.4. The van der Waals surface area contributed by atoms with E-state index < -0.39 is 6.04 Å². The van der Waals surface area contributed by atoms with E-state index in [1.54, 1.807) is 37.1 Å². The van der Waals surface area contributed by atoms with E-state index in [0.717, 1.165) is 16.9 Å². The van der Waals surface area contributed by atoms with Gasteiger partial charge in [-0.3, -0.25) is 9.59 Å². The second-order valence-electron chi connectivity index (χ2n) is 7.32. The van der Waals surface area contributed by atoms with Gasteiger partial charge < -0.3 is 24.8 Å². The highest BCUT2D eigenvalue weighted by Gasteiger charge is 2.34. The summed E-state index contributed by atoms with van der Waals surface area (Å²) < 4.78 is 17.3. The lowest BCUT2D eigenvalue weighted by molar-refractivity contribution is -0.125. The number of fused-ring (bicyclic) bond motifs is 1. The monoisotopic (exact) mass is 436 g/mol. The lowest BCUT2D eigenvalue weighted by atomic mass is 10.1. The van der Waals surface area contributed by atoms with Crippen molar-refractivity contribution < 1.29 is 23.8 Å². The lowest BCUT2D eigenvalue weighted by Crippen LogP contribution is -2.35. The van der Waals surface area contributed by atoms with Crippen LogP contribution in [0.25, 0.3) is 11.3 Å². The zero-order chi connectivity index (χ0) is 22.8. The molecule has 1 unspecified atom stereocenters. The molecule has 0 radical (unpaired) electrons. The van der Waals surface area contributed by atoms with Crippen molar-refractivity contribution >= 4 is 23.3 Å². The third kappa shape index (κ3) is 3.84. The van der Waals surface area contributed by atoms with Crippen molar-refractivity contribution in [3.63, 3.8) is 0 Å². The van der Waals surface area contributed by atoms with Gasteiger partial charge in [-0.1, -0.05) is 0 Å². The number of methoxy groups -OCH3 is 3. The number of carbonyl (C=O) groups is 2. The van der Waals surface area contributed by atoms with Crippen molar-refractivity contribution in [1.82, 2.24) is 9.78 Å². The van der Waals surface area contributed by atoms with Crippen LogP contribution in [0.2, 0.25) is 0 Å². The number of benzene rings is 2. The van der Waals surface area contributed by atoms with Gasteiger partial charge in [0.1, 0.15) is 17.6 Å². The van der Waals surface area contributed by atoms with Crippen LogP contribution in [0, 0.1) is 6.92 Å². The number of hydrogen-bond donors (Lipinski definition) is 2. The zero-order valence-corrected chi connectivity index (χ0v) is 18.3. The number of hydrogen-bond acceptors (Lipinski definition) is 6. The summed E-state index contributed by atoms with van der Waals surface area (Å²) >= 11 is 0. The normalized spacial score (nSPS) is 14.9. The maximum Gasteiger partial charge on any atom is 0.249 e. The van der Waals surface area contributed by atoms with E-state index >= 15 is 0 Å². The van der Waals surface area contributed by atoms with Gasteiger partial charge in [-0.25, -0.2) is 4.68 Å². The Hall–Kier alpha value is -4.01. The average molecular weight is 436 g/mol. The summed E-state index contributed by atoms with van der Waals surface area (Å²) in [5.41, 5.74) is 2.86. The molecular formula is C23H24N4O5.